The summed E-state index contributed by atoms with van der Waals surface area (Å²) in [4.78, 5) is 12.6. The number of anilines is 1. The molecule has 0 saturated heterocycles. The summed E-state index contributed by atoms with van der Waals surface area (Å²) in [5.41, 5.74) is 1.44. The Morgan fingerprint density at radius 2 is 1.73 bits per heavy atom. The van der Waals surface area contributed by atoms with Crippen LogP contribution >= 0.6 is 0 Å². The Balaban J connectivity index is 2.27. The zero-order valence-corrected chi connectivity index (χ0v) is 16.0. The van der Waals surface area contributed by atoms with Crippen molar-refractivity contribution in [3.05, 3.63) is 53.6 Å². The maximum atomic E-state index is 12.6. The number of methoxy groups -OCH3 is 2. The highest BCUT2D eigenvalue weighted by atomic mass is 32.2. The lowest BCUT2D eigenvalue weighted by Crippen LogP contribution is -2.27. The van der Waals surface area contributed by atoms with Gasteiger partial charge < -0.3 is 14.8 Å². The molecule has 1 N–H and O–H groups in total. The standard InChI is InChI=1S/C18H22N2O5S/c1-20(26(4,22)23)14-9-10-17(25-3)15(11-14)18(21)19-12-13-7-5-6-8-16(13)24-2/h5-11H,12H2,1-4H3,(H,19,21). The number of carbonyl (C=O) groups excluding carboxylic acids is 1. The summed E-state index contributed by atoms with van der Waals surface area (Å²) in [5, 5.41) is 2.80. The minimum atomic E-state index is -3.44. The number of hydrogen-bond acceptors (Lipinski definition) is 5. The Kier molecular flexibility index (Phi) is 6.10. The molecule has 140 valence electrons. The van der Waals surface area contributed by atoms with Crippen LogP contribution in [0.4, 0.5) is 5.69 Å². The first-order chi connectivity index (χ1) is 12.3. The van der Waals surface area contributed by atoms with Crippen LogP contribution in [0.15, 0.2) is 42.5 Å². The van der Waals surface area contributed by atoms with Crippen LogP contribution in [0.5, 0.6) is 11.5 Å². The van der Waals surface area contributed by atoms with Crippen molar-refractivity contribution in [3.8, 4) is 11.5 Å². The van der Waals surface area contributed by atoms with Crippen LogP contribution in [0.1, 0.15) is 15.9 Å². The van der Waals surface area contributed by atoms with Crippen LogP contribution < -0.4 is 19.1 Å². The number of para-hydroxylation sites is 1. The largest absolute Gasteiger partial charge is 0.496 e. The monoisotopic (exact) mass is 378 g/mol. The molecule has 0 aromatic heterocycles. The number of amides is 1. The third-order valence-corrected chi connectivity index (χ3v) is 5.13. The number of sulfonamides is 1. The van der Waals surface area contributed by atoms with Gasteiger partial charge in [-0.3, -0.25) is 9.10 Å². The first-order valence-corrected chi connectivity index (χ1v) is 9.64. The summed E-state index contributed by atoms with van der Waals surface area (Å²) in [5.74, 6) is 0.648. The van der Waals surface area contributed by atoms with Gasteiger partial charge in [0.05, 0.1) is 31.7 Å². The van der Waals surface area contributed by atoms with Crippen molar-refractivity contribution in [2.45, 2.75) is 6.54 Å². The lowest BCUT2D eigenvalue weighted by Gasteiger charge is -2.18. The number of nitrogens with one attached hydrogen (secondary N) is 1. The fourth-order valence-electron chi connectivity index (χ4n) is 2.38. The van der Waals surface area contributed by atoms with Crippen LogP contribution in [0.3, 0.4) is 0 Å². The molecule has 0 fully saturated rings. The molecule has 7 nitrogen and oxygen atoms in total. The van der Waals surface area contributed by atoms with Gasteiger partial charge in [-0.2, -0.15) is 0 Å². The van der Waals surface area contributed by atoms with Crippen LogP contribution in [0.25, 0.3) is 0 Å². The van der Waals surface area contributed by atoms with E-state index in [9.17, 15) is 13.2 Å². The molecule has 1 amide bonds. The van der Waals surface area contributed by atoms with Gasteiger partial charge in [0.1, 0.15) is 11.5 Å². The fraction of sp³-hybridized carbons (Fsp3) is 0.278. The normalized spacial score (nSPS) is 10.9. The van der Waals surface area contributed by atoms with Gasteiger partial charge >= 0.3 is 0 Å². The van der Waals surface area contributed by atoms with Gasteiger partial charge in [0, 0.05) is 19.2 Å². The number of carbonyl (C=O) groups is 1. The fourth-order valence-corrected chi connectivity index (χ4v) is 2.88. The Bertz CT molecular complexity index is 896. The molecule has 26 heavy (non-hydrogen) atoms. The lowest BCUT2D eigenvalue weighted by molar-refractivity contribution is 0.0947. The smallest absolute Gasteiger partial charge is 0.255 e. The van der Waals surface area contributed by atoms with E-state index in [4.69, 9.17) is 9.47 Å². The highest BCUT2D eigenvalue weighted by Gasteiger charge is 2.18. The second-order valence-corrected chi connectivity index (χ2v) is 7.62. The van der Waals surface area contributed by atoms with Gasteiger partial charge in [-0.1, -0.05) is 18.2 Å². The zero-order valence-electron chi connectivity index (χ0n) is 15.1. The number of rotatable bonds is 7. The van der Waals surface area contributed by atoms with Crippen molar-refractivity contribution < 1.29 is 22.7 Å². The Labute approximate surface area is 153 Å². The summed E-state index contributed by atoms with van der Waals surface area (Å²) in [6.45, 7) is 0.262. The van der Waals surface area contributed by atoms with Crippen molar-refractivity contribution in [1.82, 2.24) is 5.32 Å². The summed E-state index contributed by atoms with van der Waals surface area (Å²) in [6, 6.07) is 12.0. The van der Waals surface area contributed by atoms with Gasteiger partial charge in [-0.05, 0) is 24.3 Å². The predicted octanol–water partition coefficient (Wildman–Crippen LogP) is 2.03. The number of nitrogens with zero attached hydrogens (tertiary/aromatic N) is 1. The topological polar surface area (TPSA) is 84.9 Å². The molecule has 0 radical (unpaired) electrons. The maximum Gasteiger partial charge on any atom is 0.255 e. The average Bonchev–Trinajstić information content (AvgIpc) is 2.64. The molecule has 2 aromatic carbocycles. The van der Waals surface area contributed by atoms with E-state index >= 15 is 0 Å². The van der Waals surface area contributed by atoms with Crippen molar-refractivity contribution in [2.24, 2.45) is 0 Å². The quantitative estimate of drug-likeness (QED) is 0.797. The first-order valence-electron chi connectivity index (χ1n) is 7.80. The van der Waals surface area contributed by atoms with Crippen molar-refractivity contribution in [1.29, 1.82) is 0 Å². The molecule has 0 saturated carbocycles. The SMILES string of the molecule is COc1ccccc1CNC(=O)c1cc(N(C)S(C)(=O)=O)ccc1OC. The van der Waals surface area contributed by atoms with Gasteiger partial charge in [-0.25, -0.2) is 8.42 Å². The second kappa shape index (κ2) is 8.09. The third-order valence-electron chi connectivity index (χ3n) is 3.92. The van der Waals surface area contributed by atoms with E-state index in [-0.39, 0.29) is 18.0 Å². The number of benzene rings is 2. The summed E-state index contributed by atoms with van der Waals surface area (Å²) in [7, 11) is 1.00. The van der Waals surface area contributed by atoms with Crippen LogP contribution in [-0.2, 0) is 16.6 Å². The van der Waals surface area contributed by atoms with Gasteiger partial charge in [-0.15, -0.1) is 0 Å². The highest BCUT2D eigenvalue weighted by molar-refractivity contribution is 7.92. The molecular formula is C18H22N2O5S. The van der Waals surface area contributed by atoms with E-state index in [2.05, 4.69) is 5.32 Å². The van der Waals surface area contributed by atoms with Gasteiger partial charge in [0.25, 0.3) is 5.91 Å². The summed E-state index contributed by atoms with van der Waals surface area (Å²) < 4.78 is 35.1. The first kappa shape index (κ1) is 19.6. The molecule has 0 heterocycles. The van der Waals surface area contributed by atoms with E-state index in [1.54, 1.807) is 19.2 Å². The van der Waals surface area contributed by atoms with Crippen molar-refractivity contribution in [2.75, 3.05) is 31.8 Å². The second-order valence-electron chi connectivity index (χ2n) is 5.61. The van der Waals surface area contributed by atoms with Crippen LogP contribution in [-0.4, -0.2) is 41.8 Å². The van der Waals surface area contributed by atoms with E-state index in [0.29, 0.717) is 17.2 Å². The van der Waals surface area contributed by atoms with Gasteiger partial charge in [0.15, 0.2) is 0 Å². The maximum absolute atomic E-state index is 12.6. The summed E-state index contributed by atoms with van der Waals surface area (Å²) >= 11 is 0. The Morgan fingerprint density at radius 3 is 2.35 bits per heavy atom. The molecule has 2 aromatic rings. The number of ether oxygens (including phenoxy) is 2. The van der Waals surface area contributed by atoms with E-state index < -0.39 is 10.0 Å². The molecule has 0 unspecified atom stereocenters. The molecule has 8 heteroatoms. The highest BCUT2D eigenvalue weighted by Crippen LogP contribution is 2.26. The van der Waals surface area contributed by atoms with Crippen molar-refractivity contribution in [3.63, 3.8) is 0 Å². The van der Waals surface area contributed by atoms with E-state index in [1.807, 2.05) is 24.3 Å². The summed E-state index contributed by atoms with van der Waals surface area (Å²) in [6.07, 6.45) is 1.10. The lowest BCUT2D eigenvalue weighted by atomic mass is 10.1. The van der Waals surface area contributed by atoms with Crippen LogP contribution in [0.2, 0.25) is 0 Å². The minimum absolute atomic E-state index is 0.246. The zero-order chi connectivity index (χ0) is 19.3. The van der Waals surface area contributed by atoms with E-state index in [0.717, 1.165) is 16.1 Å². The molecule has 0 aliphatic heterocycles. The number of hydrogen-bond donors (Lipinski definition) is 1. The van der Waals surface area contributed by atoms with Gasteiger partial charge in [0.2, 0.25) is 10.0 Å². The minimum Gasteiger partial charge on any atom is -0.496 e. The Morgan fingerprint density at radius 1 is 1.08 bits per heavy atom. The van der Waals surface area contributed by atoms with E-state index in [1.165, 1.54) is 20.2 Å². The van der Waals surface area contributed by atoms with Crippen molar-refractivity contribution >= 4 is 21.6 Å². The molecular weight excluding hydrogens is 356 g/mol. The Hall–Kier alpha value is -2.74. The molecule has 0 spiro atoms. The molecule has 2 rings (SSSR count). The average molecular weight is 378 g/mol. The third kappa shape index (κ3) is 4.45. The molecule has 0 aliphatic carbocycles. The molecule has 0 atom stereocenters. The molecule has 0 bridgehead atoms. The predicted molar refractivity (Wildman–Crippen MR) is 100 cm³/mol. The van der Waals surface area contributed by atoms with Crippen LogP contribution in [0, 0.1) is 0 Å². The molecule has 0 aliphatic rings.